The van der Waals surface area contributed by atoms with Gasteiger partial charge in [-0.25, -0.2) is 9.97 Å². The Hall–Kier alpha value is -7.08. The highest BCUT2D eigenvalue weighted by Gasteiger charge is 2.39. The average Bonchev–Trinajstić information content (AvgIpc) is 4.13. The van der Waals surface area contributed by atoms with Crippen LogP contribution in [0.1, 0.15) is 56.3 Å². The minimum absolute atomic E-state index is 0.0942. The number of H-pyrrole nitrogens is 2. The highest BCUT2D eigenvalue weighted by Crippen LogP contribution is 2.20. The molecule has 376 valence electrons. The Morgan fingerprint density at radius 2 is 1.12 bits per heavy atom. The third-order valence-electron chi connectivity index (χ3n) is 10.5. The Bertz CT molecular complexity index is 2020. The second kappa shape index (κ2) is 28.2. The topological polar surface area (TPSA) is 469 Å². The summed E-state index contributed by atoms with van der Waals surface area (Å²) in [6, 6.07) is -12.2. The number of aromatic nitrogens is 4. The third-order valence-corrected chi connectivity index (χ3v) is 10.5. The van der Waals surface area contributed by atoms with E-state index in [-0.39, 0.29) is 32.2 Å². The van der Waals surface area contributed by atoms with Gasteiger partial charge in [0.05, 0.1) is 38.5 Å². The van der Waals surface area contributed by atoms with Gasteiger partial charge in [-0.05, 0) is 38.6 Å². The number of rotatable bonds is 30. The van der Waals surface area contributed by atoms with Gasteiger partial charge in [0.1, 0.15) is 48.8 Å². The molecule has 68 heavy (non-hydrogen) atoms. The molecule has 0 radical (unpaired) electrons. The summed E-state index contributed by atoms with van der Waals surface area (Å²) in [4.78, 5) is 144. The zero-order valence-electron chi connectivity index (χ0n) is 36.8. The number of hydrogen-bond donors (Lipinski definition) is 16. The highest BCUT2D eigenvalue weighted by molar-refractivity contribution is 5.98. The molecule has 0 unspecified atom stereocenters. The van der Waals surface area contributed by atoms with Gasteiger partial charge in [0.25, 0.3) is 0 Å². The van der Waals surface area contributed by atoms with E-state index in [1.165, 1.54) is 29.9 Å². The van der Waals surface area contributed by atoms with Gasteiger partial charge in [0.2, 0.25) is 47.3 Å². The lowest BCUT2D eigenvalue weighted by atomic mass is 10.1. The van der Waals surface area contributed by atoms with Crippen LogP contribution >= 0.6 is 0 Å². The number of nitrogens with one attached hydrogen (secondary N) is 9. The van der Waals surface area contributed by atoms with Crippen molar-refractivity contribution in [3.63, 3.8) is 0 Å². The van der Waals surface area contributed by atoms with Crippen molar-refractivity contribution in [2.75, 3.05) is 39.5 Å². The molecule has 8 atom stereocenters. The summed E-state index contributed by atoms with van der Waals surface area (Å²) in [5.41, 5.74) is 12.1. The molecule has 0 saturated carbocycles. The number of carboxylic acid groups (broad SMARTS) is 2. The average molecular weight is 965 g/mol. The van der Waals surface area contributed by atoms with E-state index in [1.54, 1.807) is 0 Å². The van der Waals surface area contributed by atoms with Crippen LogP contribution in [0.2, 0.25) is 0 Å². The van der Waals surface area contributed by atoms with Crippen LogP contribution in [0.3, 0.4) is 0 Å². The number of nitrogens with zero attached hydrogens (tertiary/aromatic N) is 3. The van der Waals surface area contributed by atoms with E-state index in [2.05, 4.69) is 57.2 Å². The minimum atomic E-state index is -1.89. The van der Waals surface area contributed by atoms with Crippen molar-refractivity contribution in [1.82, 2.24) is 62.1 Å². The standard InChI is InChI=1S/C39H60N14O15/c40-8-2-1-4-22(41)32(61)47-23(6-7-30(57)58)33(62)50-27(16-55)36(65)52-28(17-56)37(66)51-26(15-54)35(64)48-24(10-20-12-42-18-45-20)34(63)49-25(11-21-13-43-19-46-21)39(68)53-9-3-5-29(53)38(67)44-14-31(59)60/h12-13,18-19,22-29,54-56H,1-11,14-17,40-41H2,(H,42,45)(H,43,46)(H,44,67)(H,47,61)(H,48,64)(H,49,63)(H,50,62)(H,51,66)(H,52,65)(H,57,58)(H,59,60)/t22-,23-,24-,25-,26-,27-,28-,29-/m0/s1. The maximum atomic E-state index is 14.0. The molecular weight excluding hydrogens is 905 g/mol. The summed E-state index contributed by atoms with van der Waals surface area (Å²) in [5, 5.41) is 64.3. The zero-order chi connectivity index (χ0) is 50.3. The lowest BCUT2D eigenvalue weighted by Gasteiger charge is -2.30. The molecule has 2 aromatic heterocycles. The number of carboxylic acids is 2. The first-order valence-electron chi connectivity index (χ1n) is 21.5. The molecule has 1 saturated heterocycles. The monoisotopic (exact) mass is 964 g/mol. The number of unbranched alkanes of at least 4 members (excludes halogenated alkanes) is 1. The molecule has 18 N–H and O–H groups in total. The Morgan fingerprint density at radius 1 is 0.647 bits per heavy atom. The van der Waals surface area contributed by atoms with E-state index in [0.29, 0.717) is 37.2 Å². The first-order chi connectivity index (χ1) is 32.4. The number of aromatic amines is 2. The second-order valence-corrected chi connectivity index (χ2v) is 15.6. The first-order valence-corrected chi connectivity index (χ1v) is 21.5. The molecule has 0 aromatic carbocycles. The SMILES string of the molecule is NCCCC[C@H](N)C(=O)N[C@@H](CCC(=O)O)C(=O)N[C@@H](CO)C(=O)N[C@@H](CO)C(=O)N[C@@H](CO)C(=O)N[C@@H](Cc1cnc[nH]1)C(=O)N[C@@H](Cc1cnc[nH]1)C(=O)N1CCC[C@H]1C(=O)NCC(=O)O. The summed E-state index contributed by atoms with van der Waals surface area (Å²) in [6.07, 6.45) is 5.67. The number of nitrogens with two attached hydrogens (primary N) is 2. The van der Waals surface area contributed by atoms with Crippen LogP contribution in [-0.4, -0.2) is 197 Å². The Labute approximate surface area is 387 Å². The van der Waals surface area contributed by atoms with E-state index in [4.69, 9.17) is 16.6 Å². The van der Waals surface area contributed by atoms with Crippen molar-refractivity contribution in [1.29, 1.82) is 0 Å². The molecule has 2 aromatic rings. The Kier molecular flexibility index (Phi) is 22.9. The molecule has 3 rings (SSSR count). The fourth-order valence-electron chi connectivity index (χ4n) is 6.82. The van der Waals surface area contributed by atoms with E-state index in [9.17, 15) is 68.4 Å². The minimum Gasteiger partial charge on any atom is -0.481 e. The van der Waals surface area contributed by atoms with Crippen molar-refractivity contribution in [2.24, 2.45) is 11.5 Å². The quantitative estimate of drug-likeness (QED) is 0.0323. The van der Waals surface area contributed by atoms with Crippen LogP contribution in [-0.2, 0) is 60.8 Å². The Balaban J connectivity index is 1.74. The largest absolute Gasteiger partial charge is 0.481 e. The fourth-order valence-corrected chi connectivity index (χ4v) is 6.82. The van der Waals surface area contributed by atoms with Gasteiger partial charge in [-0.1, -0.05) is 6.42 Å². The normalized spacial score (nSPS) is 16.4. The molecular formula is C39H60N14O15. The second-order valence-electron chi connectivity index (χ2n) is 15.6. The summed E-state index contributed by atoms with van der Waals surface area (Å²) in [5.74, 6) is -10.6. The van der Waals surface area contributed by atoms with Crippen LogP contribution in [0.25, 0.3) is 0 Å². The van der Waals surface area contributed by atoms with Crippen LogP contribution in [0.15, 0.2) is 25.0 Å². The lowest BCUT2D eigenvalue weighted by Crippen LogP contribution is -2.62. The van der Waals surface area contributed by atoms with Crippen molar-refractivity contribution in [2.45, 2.75) is 106 Å². The number of carbonyl (C=O) groups is 10. The summed E-state index contributed by atoms with van der Waals surface area (Å²) in [7, 11) is 0. The molecule has 0 aliphatic carbocycles. The van der Waals surface area contributed by atoms with Crippen LogP contribution in [0, 0.1) is 0 Å². The van der Waals surface area contributed by atoms with Crippen molar-refractivity contribution < 1.29 is 73.5 Å². The van der Waals surface area contributed by atoms with Gasteiger partial charge in [-0.3, -0.25) is 47.9 Å². The molecule has 3 heterocycles. The van der Waals surface area contributed by atoms with Gasteiger partial charge in [0.15, 0.2) is 0 Å². The van der Waals surface area contributed by atoms with Gasteiger partial charge in [-0.2, -0.15) is 0 Å². The van der Waals surface area contributed by atoms with Gasteiger partial charge in [-0.15, -0.1) is 0 Å². The number of hydrogen-bond acceptors (Lipinski definition) is 17. The van der Waals surface area contributed by atoms with Crippen LogP contribution in [0.5, 0.6) is 0 Å². The molecule has 1 aliphatic rings. The first kappa shape index (κ1) is 55.2. The van der Waals surface area contributed by atoms with E-state index in [0.717, 1.165) is 0 Å². The smallest absolute Gasteiger partial charge is 0.322 e. The number of aliphatic carboxylic acids is 2. The van der Waals surface area contributed by atoms with E-state index < -0.39 is 147 Å². The van der Waals surface area contributed by atoms with Crippen LogP contribution in [0.4, 0.5) is 0 Å². The number of likely N-dealkylation sites (tertiary alicyclic amines) is 1. The fraction of sp³-hybridized carbons (Fsp3) is 0.590. The number of amides is 8. The van der Waals surface area contributed by atoms with E-state index >= 15 is 0 Å². The number of carbonyl (C=O) groups excluding carboxylic acids is 8. The number of aliphatic hydroxyl groups is 3. The predicted molar refractivity (Wildman–Crippen MR) is 231 cm³/mol. The maximum absolute atomic E-state index is 14.0. The highest BCUT2D eigenvalue weighted by atomic mass is 16.4. The maximum Gasteiger partial charge on any atom is 0.322 e. The van der Waals surface area contributed by atoms with Crippen molar-refractivity contribution >= 4 is 59.2 Å². The Morgan fingerprint density at radius 3 is 1.59 bits per heavy atom. The summed E-state index contributed by atoms with van der Waals surface area (Å²) >= 11 is 0. The van der Waals surface area contributed by atoms with Gasteiger partial charge in [0, 0.05) is 49.6 Å². The lowest BCUT2D eigenvalue weighted by molar-refractivity contribution is -0.143. The predicted octanol–water partition coefficient (Wildman–Crippen LogP) is -7.68. The molecule has 0 bridgehead atoms. The summed E-state index contributed by atoms with van der Waals surface area (Å²) < 4.78 is 0. The van der Waals surface area contributed by atoms with Crippen molar-refractivity contribution in [3.8, 4) is 0 Å². The summed E-state index contributed by atoms with van der Waals surface area (Å²) in [6.45, 7) is -3.56. The number of aliphatic hydroxyl groups excluding tert-OH is 3. The zero-order valence-corrected chi connectivity index (χ0v) is 36.8. The van der Waals surface area contributed by atoms with Crippen LogP contribution < -0.4 is 48.7 Å². The molecule has 29 heteroatoms. The van der Waals surface area contributed by atoms with E-state index in [1.807, 2.05) is 0 Å². The van der Waals surface area contributed by atoms with Crippen molar-refractivity contribution in [3.05, 3.63) is 36.4 Å². The molecule has 0 spiro atoms. The molecule has 8 amide bonds. The number of imidazole rings is 2. The van der Waals surface area contributed by atoms with Gasteiger partial charge < -0.3 is 89.1 Å². The third kappa shape index (κ3) is 17.6. The molecule has 29 nitrogen and oxygen atoms in total. The van der Waals surface area contributed by atoms with Gasteiger partial charge >= 0.3 is 11.9 Å². The molecule has 1 aliphatic heterocycles. The molecule has 1 fully saturated rings.